The van der Waals surface area contributed by atoms with Gasteiger partial charge in [0.05, 0.1) is 30.6 Å². The van der Waals surface area contributed by atoms with Gasteiger partial charge in [-0.25, -0.2) is 0 Å². The van der Waals surface area contributed by atoms with Gasteiger partial charge in [-0.3, -0.25) is 19.7 Å². The first-order valence-electron chi connectivity index (χ1n) is 7.36. The Bertz CT molecular complexity index is 648. The van der Waals surface area contributed by atoms with Crippen molar-refractivity contribution in [3.63, 3.8) is 0 Å². The van der Waals surface area contributed by atoms with Gasteiger partial charge in [0.2, 0.25) is 11.8 Å². The van der Waals surface area contributed by atoms with Crippen molar-refractivity contribution in [2.45, 2.75) is 6.42 Å². The summed E-state index contributed by atoms with van der Waals surface area (Å²) < 4.78 is 9.88. The largest absolute Gasteiger partial charge is 0.496 e. The van der Waals surface area contributed by atoms with Gasteiger partial charge in [-0.1, -0.05) is 0 Å². The van der Waals surface area contributed by atoms with Crippen molar-refractivity contribution in [1.82, 2.24) is 4.90 Å². The highest BCUT2D eigenvalue weighted by atomic mass is 16.6. The monoisotopic (exact) mass is 337 g/mol. The molecule has 0 radical (unpaired) electrons. The third-order valence-corrected chi connectivity index (χ3v) is 3.81. The first kappa shape index (κ1) is 17.7. The van der Waals surface area contributed by atoms with E-state index in [0.29, 0.717) is 18.9 Å². The van der Waals surface area contributed by atoms with E-state index in [0.717, 1.165) is 0 Å². The topological polar surface area (TPSA) is 111 Å². The van der Waals surface area contributed by atoms with Gasteiger partial charge in [0, 0.05) is 26.6 Å². The lowest BCUT2D eigenvalue weighted by molar-refractivity contribution is -0.384. The van der Waals surface area contributed by atoms with E-state index in [1.165, 1.54) is 32.4 Å². The number of hydrogen-bond acceptors (Lipinski definition) is 6. The van der Waals surface area contributed by atoms with Crippen LogP contribution in [-0.4, -0.2) is 55.6 Å². The molecule has 0 bridgehead atoms. The van der Waals surface area contributed by atoms with E-state index in [1.807, 2.05) is 0 Å². The number of hydrogen-bond donors (Lipinski definition) is 1. The Hall–Kier alpha value is -2.68. The minimum atomic E-state index is -0.594. The van der Waals surface area contributed by atoms with Crippen LogP contribution in [0.2, 0.25) is 0 Å². The average molecular weight is 337 g/mol. The standard InChI is InChI=1S/C15H19N3O6/c1-23-6-5-17-9-10(7-14(17)19)15(20)16-12-4-3-11(24-2)8-13(12)18(21)22/h3-4,8,10H,5-7,9H2,1-2H3,(H,16,20). The van der Waals surface area contributed by atoms with E-state index in [4.69, 9.17) is 9.47 Å². The number of nitro benzene ring substituents is 1. The molecule has 1 N–H and O–H groups in total. The van der Waals surface area contributed by atoms with Crippen LogP contribution < -0.4 is 10.1 Å². The molecule has 24 heavy (non-hydrogen) atoms. The van der Waals surface area contributed by atoms with Gasteiger partial charge in [-0.2, -0.15) is 0 Å². The molecule has 1 unspecified atom stereocenters. The Kier molecular flexibility index (Phi) is 5.69. The fraction of sp³-hybridized carbons (Fsp3) is 0.467. The normalized spacial score (nSPS) is 17.0. The summed E-state index contributed by atoms with van der Waals surface area (Å²) in [7, 11) is 2.93. The second-order valence-corrected chi connectivity index (χ2v) is 5.36. The van der Waals surface area contributed by atoms with Gasteiger partial charge in [0.25, 0.3) is 5.69 Å². The molecule has 1 atom stereocenters. The maximum Gasteiger partial charge on any atom is 0.296 e. The predicted molar refractivity (Wildman–Crippen MR) is 84.8 cm³/mol. The summed E-state index contributed by atoms with van der Waals surface area (Å²) in [5.41, 5.74) is -0.183. The lowest BCUT2D eigenvalue weighted by atomic mass is 10.1. The zero-order valence-corrected chi connectivity index (χ0v) is 13.5. The molecule has 2 rings (SSSR count). The second-order valence-electron chi connectivity index (χ2n) is 5.36. The fourth-order valence-corrected chi connectivity index (χ4v) is 2.50. The molecule has 0 saturated carbocycles. The summed E-state index contributed by atoms with van der Waals surface area (Å²) in [6, 6.07) is 4.17. The highest BCUT2D eigenvalue weighted by molar-refractivity contribution is 5.98. The summed E-state index contributed by atoms with van der Waals surface area (Å²) in [5, 5.41) is 13.7. The average Bonchev–Trinajstić information content (AvgIpc) is 2.94. The molecule has 130 valence electrons. The summed E-state index contributed by atoms with van der Waals surface area (Å²) in [6.07, 6.45) is 0.0828. The van der Waals surface area contributed by atoms with E-state index >= 15 is 0 Å². The Labute approximate surface area is 138 Å². The van der Waals surface area contributed by atoms with Crippen molar-refractivity contribution >= 4 is 23.2 Å². The smallest absolute Gasteiger partial charge is 0.296 e. The van der Waals surface area contributed by atoms with E-state index < -0.39 is 16.7 Å². The number of likely N-dealkylation sites (tertiary alicyclic amines) is 1. The van der Waals surface area contributed by atoms with Crippen molar-refractivity contribution in [3.8, 4) is 5.75 Å². The van der Waals surface area contributed by atoms with Crippen LogP contribution in [0.25, 0.3) is 0 Å². The number of carbonyl (C=O) groups is 2. The number of methoxy groups -OCH3 is 2. The van der Waals surface area contributed by atoms with E-state index in [9.17, 15) is 19.7 Å². The molecule has 0 aliphatic carbocycles. The van der Waals surface area contributed by atoms with Gasteiger partial charge in [0.1, 0.15) is 11.4 Å². The van der Waals surface area contributed by atoms with Crippen LogP contribution in [0.5, 0.6) is 5.75 Å². The van der Waals surface area contributed by atoms with Crippen molar-refractivity contribution in [2.24, 2.45) is 5.92 Å². The zero-order chi connectivity index (χ0) is 17.7. The van der Waals surface area contributed by atoms with Crippen molar-refractivity contribution < 1.29 is 24.0 Å². The molecule has 1 aromatic rings. The molecular weight excluding hydrogens is 318 g/mol. The number of nitro groups is 1. The van der Waals surface area contributed by atoms with Crippen molar-refractivity contribution in [2.75, 3.05) is 39.2 Å². The number of carbonyl (C=O) groups excluding carboxylic acids is 2. The summed E-state index contributed by atoms with van der Waals surface area (Å²) in [5.74, 6) is -0.773. The molecule has 0 spiro atoms. The van der Waals surface area contributed by atoms with Gasteiger partial charge >= 0.3 is 0 Å². The molecule has 0 aromatic heterocycles. The van der Waals surface area contributed by atoms with Crippen LogP contribution in [0, 0.1) is 16.0 Å². The molecule has 1 heterocycles. The third kappa shape index (κ3) is 3.99. The summed E-state index contributed by atoms with van der Waals surface area (Å²) >= 11 is 0. The molecule has 1 aliphatic heterocycles. The van der Waals surface area contributed by atoms with Gasteiger partial charge in [-0.15, -0.1) is 0 Å². The number of rotatable bonds is 7. The molecule has 1 saturated heterocycles. The lowest BCUT2D eigenvalue weighted by Crippen LogP contribution is -2.30. The second kappa shape index (κ2) is 7.73. The maximum absolute atomic E-state index is 12.3. The summed E-state index contributed by atoms with van der Waals surface area (Å²) in [6.45, 7) is 1.09. The third-order valence-electron chi connectivity index (χ3n) is 3.81. The zero-order valence-electron chi connectivity index (χ0n) is 13.5. The number of benzene rings is 1. The maximum atomic E-state index is 12.3. The minimum absolute atomic E-state index is 0.0774. The number of nitrogens with one attached hydrogen (secondary N) is 1. The number of nitrogens with zero attached hydrogens (tertiary/aromatic N) is 2. The van der Waals surface area contributed by atoms with Crippen LogP contribution >= 0.6 is 0 Å². The molecule has 9 nitrogen and oxygen atoms in total. The molecular formula is C15H19N3O6. The highest BCUT2D eigenvalue weighted by Gasteiger charge is 2.34. The Morgan fingerprint density at radius 3 is 2.83 bits per heavy atom. The molecule has 2 amide bonds. The highest BCUT2D eigenvalue weighted by Crippen LogP contribution is 2.30. The van der Waals surface area contributed by atoms with Crippen LogP contribution in [-0.2, 0) is 14.3 Å². The Balaban J connectivity index is 2.07. The Morgan fingerprint density at radius 1 is 1.46 bits per heavy atom. The van der Waals surface area contributed by atoms with Gasteiger partial charge in [0.15, 0.2) is 0 Å². The van der Waals surface area contributed by atoms with E-state index in [2.05, 4.69) is 5.32 Å². The quantitative estimate of drug-likeness (QED) is 0.588. The predicted octanol–water partition coefficient (Wildman–Crippen LogP) is 1.04. The van der Waals surface area contributed by atoms with Gasteiger partial charge in [-0.05, 0) is 12.1 Å². The van der Waals surface area contributed by atoms with E-state index in [-0.39, 0.29) is 30.2 Å². The lowest BCUT2D eigenvalue weighted by Gasteiger charge is -2.15. The van der Waals surface area contributed by atoms with E-state index in [1.54, 1.807) is 4.90 Å². The summed E-state index contributed by atoms with van der Waals surface area (Å²) in [4.78, 5) is 36.3. The van der Waals surface area contributed by atoms with Crippen molar-refractivity contribution in [1.29, 1.82) is 0 Å². The van der Waals surface area contributed by atoms with Crippen molar-refractivity contribution in [3.05, 3.63) is 28.3 Å². The van der Waals surface area contributed by atoms with Crippen LogP contribution in [0.4, 0.5) is 11.4 Å². The fourth-order valence-electron chi connectivity index (χ4n) is 2.50. The number of ether oxygens (including phenoxy) is 2. The Morgan fingerprint density at radius 2 is 2.21 bits per heavy atom. The van der Waals surface area contributed by atoms with Crippen LogP contribution in [0.15, 0.2) is 18.2 Å². The van der Waals surface area contributed by atoms with Crippen LogP contribution in [0.3, 0.4) is 0 Å². The van der Waals surface area contributed by atoms with Gasteiger partial charge < -0.3 is 19.7 Å². The molecule has 1 fully saturated rings. The number of amides is 2. The number of anilines is 1. The SMILES string of the molecule is COCCN1CC(C(=O)Nc2ccc(OC)cc2[N+](=O)[O-])CC1=O. The molecule has 1 aromatic carbocycles. The first-order valence-corrected chi connectivity index (χ1v) is 7.36. The molecule has 1 aliphatic rings. The molecule has 9 heteroatoms. The van der Waals surface area contributed by atoms with Crippen LogP contribution in [0.1, 0.15) is 6.42 Å². The minimum Gasteiger partial charge on any atom is -0.496 e. The first-order chi connectivity index (χ1) is 11.5.